The van der Waals surface area contributed by atoms with E-state index < -0.39 is 0 Å². The molecule has 0 atom stereocenters. The lowest BCUT2D eigenvalue weighted by molar-refractivity contribution is 0.00499. The summed E-state index contributed by atoms with van der Waals surface area (Å²) in [4.78, 5) is 0. The minimum absolute atomic E-state index is 0.518. The fraction of sp³-hybridized carbons (Fsp3) is 0.364. The second-order valence-electron chi connectivity index (χ2n) is 6.01. The summed E-state index contributed by atoms with van der Waals surface area (Å²) >= 11 is 0. The van der Waals surface area contributed by atoms with Gasteiger partial charge in [0.1, 0.15) is 24.7 Å². The number of benzene rings is 2. The molecule has 3 heterocycles. The van der Waals surface area contributed by atoms with E-state index >= 15 is 0 Å². The van der Waals surface area contributed by atoms with Gasteiger partial charge in [0.15, 0.2) is 0 Å². The van der Waals surface area contributed by atoms with Crippen LogP contribution < -0.4 is 9.47 Å². The maximum atomic E-state index is 5.68. The monoisotopic (exact) mass is 370 g/mol. The van der Waals surface area contributed by atoms with Gasteiger partial charge in [0.2, 0.25) is 0 Å². The zero-order valence-corrected chi connectivity index (χ0v) is 15.5. The fourth-order valence-electron chi connectivity index (χ4n) is 2.52. The Morgan fingerprint density at radius 1 is 0.407 bits per heavy atom. The minimum Gasteiger partial charge on any atom is -0.491 e. The van der Waals surface area contributed by atoms with Gasteiger partial charge in [-0.05, 0) is 35.4 Å². The van der Waals surface area contributed by atoms with Gasteiger partial charge < -0.3 is 23.7 Å². The molecule has 0 saturated heterocycles. The fourth-order valence-corrected chi connectivity index (χ4v) is 2.52. The summed E-state index contributed by atoms with van der Waals surface area (Å²) in [5.41, 5.74) is 2.23. The van der Waals surface area contributed by atoms with E-state index in [2.05, 4.69) is 12.2 Å². The molecule has 0 radical (unpaired) electrons. The Morgan fingerprint density at radius 3 is 1.11 bits per heavy atom. The van der Waals surface area contributed by atoms with E-state index in [9.17, 15) is 0 Å². The highest BCUT2D eigenvalue weighted by molar-refractivity contribution is 5.70. The van der Waals surface area contributed by atoms with Crippen LogP contribution in [0.25, 0.3) is 12.2 Å². The van der Waals surface area contributed by atoms with Crippen molar-refractivity contribution in [3.05, 3.63) is 59.7 Å². The van der Waals surface area contributed by atoms with Gasteiger partial charge >= 0.3 is 0 Å². The van der Waals surface area contributed by atoms with Crippen molar-refractivity contribution in [2.75, 3.05) is 52.9 Å². The molecule has 5 nitrogen and oxygen atoms in total. The number of ether oxygens (including phenoxy) is 5. The van der Waals surface area contributed by atoms with Crippen LogP contribution in [0.1, 0.15) is 11.1 Å². The Labute approximate surface area is 160 Å². The summed E-state index contributed by atoms with van der Waals surface area (Å²) in [5, 5.41) is 0. The van der Waals surface area contributed by atoms with Crippen molar-refractivity contribution in [2.24, 2.45) is 0 Å². The van der Waals surface area contributed by atoms with E-state index in [-0.39, 0.29) is 0 Å². The van der Waals surface area contributed by atoms with Crippen LogP contribution in [0.2, 0.25) is 0 Å². The molecule has 0 N–H and O–H groups in total. The first kappa shape index (κ1) is 19.4. The molecule has 144 valence electrons. The zero-order chi connectivity index (χ0) is 18.6. The average molecular weight is 370 g/mol. The van der Waals surface area contributed by atoms with Gasteiger partial charge in [-0.25, -0.2) is 0 Å². The summed E-state index contributed by atoms with van der Waals surface area (Å²) in [6, 6.07) is 16.0. The zero-order valence-electron chi connectivity index (χ0n) is 15.5. The first-order valence-corrected chi connectivity index (χ1v) is 9.27. The van der Waals surface area contributed by atoms with E-state index in [1.165, 1.54) is 0 Å². The van der Waals surface area contributed by atoms with Crippen LogP contribution in [-0.4, -0.2) is 52.9 Å². The lowest BCUT2D eigenvalue weighted by Gasteiger charge is -2.09. The Morgan fingerprint density at radius 2 is 0.741 bits per heavy atom. The Kier molecular flexibility index (Phi) is 8.19. The number of rotatable bonds is 0. The minimum atomic E-state index is 0.518. The molecule has 0 fully saturated rings. The maximum absolute atomic E-state index is 5.68. The second kappa shape index (κ2) is 11.4. The van der Waals surface area contributed by atoms with Crippen molar-refractivity contribution in [2.45, 2.75) is 0 Å². The molecule has 4 bridgehead atoms. The van der Waals surface area contributed by atoms with Crippen LogP contribution in [0.5, 0.6) is 11.5 Å². The van der Waals surface area contributed by atoms with E-state index in [4.69, 9.17) is 23.7 Å². The molecule has 3 aliphatic heterocycles. The molecular formula is C22H26O5. The molecule has 5 rings (SSSR count). The molecule has 0 unspecified atom stereocenters. The van der Waals surface area contributed by atoms with Crippen LogP contribution in [0.3, 0.4) is 0 Å². The molecule has 27 heavy (non-hydrogen) atoms. The average Bonchev–Trinajstić information content (AvgIpc) is 2.71. The van der Waals surface area contributed by atoms with E-state index in [0.717, 1.165) is 22.6 Å². The molecule has 2 aromatic carbocycles. The summed E-state index contributed by atoms with van der Waals surface area (Å²) in [6.45, 7) is 4.30. The second-order valence-corrected chi connectivity index (χ2v) is 6.01. The van der Waals surface area contributed by atoms with Gasteiger partial charge in [-0.2, -0.15) is 0 Å². The number of hydrogen-bond donors (Lipinski definition) is 0. The summed E-state index contributed by atoms with van der Waals surface area (Å²) in [5.74, 6) is 1.67. The molecule has 5 heteroatoms. The molecular weight excluding hydrogens is 344 g/mol. The van der Waals surface area contributed by atoms with Gasteiger partial charge in [0.05, 0.1) is 39.6 Å². The van der Waals surface area contributed by atoms with Crippen LogP contribution in [0, 0.1) is 0 Å². The van der Waals surface area contributed by atoms with Gasteiger partial charge in [0, 0.05) is 0 Å². The molecule has 0 amide bonds. The molecule has 0 aliphatic carbocycles. The van der Waals surface area contributed by atoms with Crippen LogP contribution in [0.15, 0.2) is 48.5 Å². The molecule has 0 saturated carbocycles. The van der Waals surface area contributed by atoms with E-state index in [1.807, 2.05) is 48.5 Å². The van der Waals surface area contributed by atoms with Crippen molar-refractivity contribution in [3.63, 3.8) is 0 Å². The molecule has 0 spiro atoms. The Hall–Kier alpha value is -2.34. The van der Waals surface area contributed by atoms with Crippen LogP contribution in [-0.2, 0) is 14.2 Å². The molecule has 2 aromatic rings. The maximum Gasteiger partial charge on any atom is 0.119 e. The third-order valence-corrected chi connectivity index (χ3v) is 3.97. The highest BCUT2D eigenvalue weighted by atomic mass is 16.6. The quantitative estimate of drug-likeness (QED) is 0.708. The number of hydrogen-bond acceptors (Lipinski definition) is 5. The smallest absolute Gasteiger partial charge is 0.119 e. The third-order valence-electron chi connectivity index (χ3n) is 3.97. The van der Waals surface area contributed by atoms with Crippen molar-refractivity contribution >= 4 is 12.2 Å². The number of fused-ring (bicyclic) bond motifs is 2. The van der Waals surface area contributed by atoms with Crippen molar-refractivity contribution in [1.29, 1.82) is 0 Å². The van der Waals surface area contributed by atoms with Gasteiger partial charge in [-0.15, -0.1) is 0 Å². The van der Waals surface area contributed by atoms with Gasteiger partial charge in [0.25, 0.3) is 0 Å². The summed E-state index contributed by atoms with van der Waals surface area (Å²) in [6.07, 6.45) is 4.15. The van der Waals surface area contributed by atoms with Crippen molar-refractivity contribution < 1.29 is 23.7 Å². The van der Waals surface area contributed by atoms with Gasteiger partial charge in [-0.1, -0.05) is 36.4 Å². The molecule has 3 aliphatic rings. The standard InChI is InChI=1S/C22H26O5/c1-2-20-5-9-22(10-6-20)27-18-16-25-14-12-23-11-13-24-15-17-26-21-7-3-19(1)4-8-21/h1-10H,11-18H2/b2-1-. The highest BCUT2D eigenvalue weighted by Gasteiger charge is 1.98. The lowest BCUT2D eigenvalue weighted by Crippen LogP contribution is -2.14. The van der Waals surface area contributed by atoms with E-state index in [0.29, 0.717) is 52.9 Å². The SMILES string of the molecule is C1=C\c2ccc(cc2)OCCOCCOCCOCCOc2ccc/1cc2. The Bertz CT molecular complexity index is 619. The highest BCUT2D eigenvalue weighted by Crippen LogP contribution is 2.17. The molecule has 0 aromatic heterocycles. The predicted octanol–water partition coefficient (Wildman–Crippen LogP) is 3.68. The van der Waals surface area contributed by atoms with Crippen LogP contribution in [0.4, 0.5) is 0 Å². The Balaban J connectivity index is 1.59. The van der Waals surface area contributed by atoms with E-state index in [1.54, 1.807) is 0 Å². The largest absolute Gasteiger partial charge is 0.491 e. The normalized spacial score (nSPS) is 18.4. The predicted molar refractivity (Wildman–Crippen MR) is 105 cm³/mol. The van der Waals surface area contributed by atoms with Crippen molar-refractivity contribution in [1.82, 2.24) is 0 Å². The van der Waals surface area contributed by atoms with Crippen LogP contribution >= 0.6 is 0 Å². The van der Waals surface area contributed by atoms with Crippen molar-refractivity contribution in [3.8, 4) is 11.5 Å². The third kappa shape index (κ3) is 7.43. The first-order valence-electron chi connectivity index (χ1n) is 9.27. The topological polar surface area (TPSA) is 46.2 Å². The lowest BCUT2D eigenvalue weighted by atomic mass is 10.1. The first-order chi connectivity index (χ1) is 13.4. The van der Waals surface area contributed by atoms with Gasteiger partial charge in [-0.3, -0.25) is 0 Å². The summed E-state index contributed by atoms with van der Waals surface area (Å²) in [7, 11) is 0. The summed E-state index contributed by atoms with van der Waals surface area (Å²) < 4.78 is 27.8.